The largest absolute Gasteiger partial charge is 0.326 e. The average Bonchev–Trinajstić information content (AvgIpc) is 2.70. The van der Waals surface area contributed by atoms with E-state index >= 15 is 0 Å². The molecule has 0 aliphatic heterocycles. The molecule has 0 spiro atoms. The van der Waals surface area contributed by atoms with Gasteiger partial charge < -0.3 is 5.32 Å². The maximum Gasteiger partial charge on any atom is 0.267 e. The Morgan fingerprint density at radius 3 is 1.70 bits per heavy atom. The lowest BCUT2D eigenvalue weighted by Crippen LogP contribution is -2.16. The number of anilines is 1. The summed E-state index contributed by atoms with van der Waals surface area (Å²) in [6, 6.07) is 9.61. The Morgan fingerprint density at radius 2 is 1.23 bits per heavy atom. The lowest BCUT2D eigenvalue weighted by molar-refractivity contribution is -0.116. The highest BCUT2D eigenvalue weighted by Gasteiger charge is 2.15. The predicted molar refractivity (Wildman–Crippen MR) is 125 cm³/mol. The summed E-state index contributed by atoms with van der Waals surface area (Å²) in [5, 5.41) is 2.29. The van der Waals surface area contributed by atoms with Crippen molar-refractivity contribution >= 4 is 21.7 Å². The van der Waals surface area contributed by atoms with Gasteiger partial charge in [0.25, 0.3) is 10.1 Å². The molecule has 5 nitrogen and oxygen atoms in total. The standard InChI is InChI=1S/C24H41NO4S/c1-22(30(27,28)29)18-14-11-9-7-5-3-2-4-6-8-10-12-17-21-24(26)25-23-19-15-13-16-20-23/h13,15-16,19-20,22H,2-12,14,17-18,21H2,1H3,(H,25,26)(H,27,28,29). The number of nitrogens with one attached hydrogen (secondary N) is 1. The van der Waals surface area contributed by atoms with Gasteiger partial charge in [0, 0.05) is 12.1 Å². The minimum Gasteiger partial charge on any atom is -0.326 e. The van der Waals surface area contributed by atoms with Crippen molar-refractivity contribution in [3.63, 3.8) is 0 Å². The van der Waals surface area contributed by atoms with Gasteiger partial charge in [-0.15, -0.1) is 0 Å². The smallest absolute Gasteiger partial charge is 0.267 e. The second-order valence-electron chi connectivity index (χ2n) is 8.37. The van der Waals surface area contributed by atoms with Crippen LogP contribution in [0.1, 0.15) is 103 Å². The van der Waals surface area contributed by atoms with Crippen LogP contribution in [0.25, 0.3) is 0 Å². The summed E-state index contributed by atoms with van der Waals surface area (Å²) in [7, 11) is -3.85. The van der Waals surface area contributed by atoms with Crippen LogP contribution < -0.4 is 5.32 Å². The lowest BCUT2D eigenvalue weighted by Gasteiger charge is -2.07. The van der Waals surface area contributed by atoms with Crippen molar-refractivity contribution in [2.75, 3.05) is 5.32 Å². The van der Waals surface area contributed by atoms with Gasteiger partial charge in [-0.1, -0.05) is 95.2 Å². The molecule has 0 fully saturated rings. The van der Waals surface area contributed by atoms with Crippen LogP contribution in [0.2, 0.25) is 0 Å². The molecule has 0 radical (unpaired) electrons. The molecule has 0 heterocycles. The summed E-state index contributed by atoms with van der Waals surface area (Å²) in [6.45, 7) is 1.57. The molecule has 6 heteroatoms. The van der Waals surface area contributed by atoms with Crippen LogP contribution in [0.5, 0.6) is 0 Å². The van der Waals surface area contributed by atoms with Gasteiger partial charge in [0.2, 0.25) is 5.91 Å². The fraction of sp³-hybridized carbons (Fsp3) is 0.708. The molecule has 0 aromatic heterocycles. The van der Waals surface area contributed by atoms with E-state index in [2.05, 4.69) is 5.32 Å². The monoisotopic (exact) mass is 439 g/mol. The molecule has 0 saturated carbocycles. The Labute approximate surface area is 183 Å². The topological polar surface area (TPSA) is 83.5 Å². The number of amides is 1. The molecule has 1 aromatic carbocycles. The minimum absolute atomic E-state index is 0.106. The molecule has 2 N–H and O–H groups in total. The third-order valence-corrected chi connectivity index (χ3v) is 6.83. The third-order valence-electron chi connectivity index (χ3n) is 5.58. The highest BCUT2D eigenvalue weighted by molar-refractivity contribution is 7.86. The molecule has 1 rings (SSSR count). The van der Waals surface area contributed by atoms with Crippen LogP contribution in [0.3, 0.4) is 0 Å². The van der Waals surface area contributed by atoms with E-state index in [-0.39, 0.29) is 5.91 Å². The Morgan fingerprint density at radius 1 is 0.800 bits per heavy atom. The van der Waals surface area contributed by atoms with E-state index in [1.54, 1.807) is 6.92 Å². The van der Waals surface area contributed by atoms with Gasteiger partial charge in [-0.3, -0.25) is 9.35 Å². The number of unbranched alkanes of at least 4 members (excludes halogenated alkanes) is 12. The van der Waals surface area contributed by atoms with Gasteiger partial charge in [-0.25, -0.2) is 0 Å². The normalized spacial score (nSPS) is 12.6. The summed E-state index contributed by atoms with van der Waals surface area (Å²) < 4.78 is 30.8. The van der Waals surface area contributed by atoms with E-state index in [1.165, 1.54) is 51.4 Å². The molecule has 1 amide bonds. The van der Waals surface area contributed by atoms with E-state index in [9.17, 15) is 13.2 Å². The molecule has 30 heavy (non-hydrogen) atoms. The van der Waals surface area contributed by atoms with Gasteiger partial charge in [-0.2, -0.15) is 8.42 Å². The first-order valence-electron chi connectivity index (χ1n) is 11.7. The van der Waals surface area contributed by atoms with Gasteiger partial charge in [0.05, 0.1) is 5.25 Å². The average molecular weight is 440 g/mol. The Balaban J connectivity index is 1.80. The van der Waals surface area contributed by atoms with Crippen LogP contribution >= 0.6 is 0 Å². The molecule has 1 unspecified atom stereocenters. The predicted octanol–water partition coefficient (Wildman–Crippen LogP) is 6.75. The fourth-order valence-corrected chi connectivity index (χ4v) is 4.02. The molecule has 172 valence electrons. The molecular formula is C24H41NO4S. The van der Waals surface area contributed by atoms with Gasteiger partial charge in [0.1, 0.15) is 0 Å². The molecule has 1 aromatic rings. The van der Waals surface area contributed by atoms with Crippen molar-refractivity contribution in [2.45, 2.75) is 108 Å². The Bertz CT molecular complexity index is 661. The van der Waals surface area contributed by atoms with Crippen LogP contribution in [0, 0.1) is 0 Å². The number of para-hydroxylation sites is 1. The lowest BCUT2D eigenvalue weighted by atomic mass is 10.0. The van der Waals surface area contributed by atoms with Crippen LogP contribution in [0.15, 0.2) is 30.3 Å². The van der Waals surface area contributed by atoms with Gasteiger partial charge >= 0.3 is 0 Å². The van der Waals surface area contributed by atoms with Crippen molar-refractivity contribution in [3.05, 3.63) is 30.3 Å². The Hall–Kier alpha value is -1.40. The van der Waals surface area contributed by atoms with Crippen molar-refractivity contribution in [1.29, 1.82) is 0 Å². The maximum absolute atomic E-state index is 11.9. The minimum atomic E-state index is -3.85. The van der Waals surface area contributed by atoms with Crippen LogP contribution in [-0.2, 0) is 14.9 Å². The van der Waals surface area contributed by atoms with Crippen molar-refractivity contribution in [2.24, 2.45) is 0 Å². The van der Waals surface area contributed by atoms with Crippen molar-refractivity contribution in [3.8, 4) is 0 Å². The first-order chi connectivity index (χ1) is 14.4. The summed E-state index contributed by atoms with van der Waals surface area (Å²) in [4.78, 5) is 11.9. The van der Waals surface area contributed by atoms with E-state index in [1.807, 2.05) is 30.3 Å². The van der Waals surface area contributed by atoms with E-state index in [4.69, 9.17) is 4.55 Å². The quantitative estimate of drug-likeness (QED) is 0.196. The second-order valence-corrected chi connectivity index (χ2v) is 10.2. The third kappa shape index (κ3) is 14.6. The first-order valence-corrected chi connectivity index (χ1v) is 13.2. The van der Waals surface area contributed by atoms with Crippen molar-refractivity contribution < 1.29 is 17.8 Å². The summed E-state index contributed by atoms with van der Waals surface area (Å²) >= 11 is 0. The first kappa shape index (κ1) is 26.6. The summed E-state index contributed by atoms with van der Waals surface area (Å²) in [5.41, 5.74) is 0.870. The van der Waals surface area contributed by atoms with E-state index in [0.717, 1.165) is 37.8 Å². The number of rotatable bonds is 18. The fourth-order valence-electron chi connectivity index (χ4n) is 3.56. The molecular weight excluding hydrogens is 398 g/mol. The van der Waals surface area contributed by atoms with Crippen LogP contribution in [0.4, 0.5) is 5.69 Å². The number of carbonyl (C=O) groups excluding carboxylic acids is 1. The highest BCUT2D eigenvalue weighted by atomic mass is 32.2. The molecule has 0 saturated heterocycles. The number of carbonyl (C=O) groups is 1. The molecule has 1 atom stereocenters. The SMILES string of the molecule is CC(CCCCCCCCCCCCCCCC(=O)Nc1ccccc1)S(=O)(=O)O. The second kappa shape index (κ2) is 16.3. The summed E-state index contributed by atoms with van der Waals surface area (Å²) in [5.74, 6) is 0.106. The molecule has 0 aliphatic carbocycles. The molecule has 0 bridgehead atoms. The van der Waals surface area contributed by atoms with Crippen LogP contribution in [-0.4, -0.2) is 24.1 Å². The maximum atomic E-state index is 11.9. The van der Waals surface area contributed by atoms with Gasteiger partial charge in [-0.05, 0) is 31.9 Å². The zero-order chi connectivity index (χ0) is 22.1. The van der Waals surface area contributed by atoms with Crippen molar-refractivity contribution in [1.82, 2.24) is 0 Å². The van der Waals surface area contributed by atoms with E-state index < -0.39 is 15.4 Å². The molecule has 0 aliphatic rings. The summed E-state index contributed by atoms with van der Waals surface area (Å²) in [6.07, 6.45) is 16.4. The zero-order valence-electron chi connectivity index (χ0n) is 18.7. The Kier molecular flexibility index (Phi) is 14.5. The number of hydrogen-bond acceptors (Lipinski definition) is 3. The highest BCUT2D eigenvalue weighted by Crippen LogP contribution is 2.15. The number of hydrogen-bond donors (Lipinski definition) is 2. The van der Waals surface area contributed by atoms with Gasteiger partial charge in [0.15, 0.2) is 0 Å². The van der Waals surface area contributed by atoms with E-state index in [0.29, 0.717) is 12.8 Å². The number of benzene rings is 1. The zero-order valence-corrected chi connectivity index (χ0v) is 19.5.